The molecule has 1 aromatic rings. The molecule has 1 fully saturated rings. The number of carbonyl (C=O) groups excluding carboxylic acids is 1. The molecule has 2 heterocycles. The Kier molecular flexibility index (Phi) is 5.72. The lowest BCUT2D eigenvalue weighted by Crippen LogP contribution is -2.30. The van der Waals surface area contributed by atoms with Crippen molar-refractivity contribution in [3.63, 3.8) is 0 Å². The molecule has 19 heavy (non-hydrogen) atoms. The summed E-state index contributed by atoms with van der Waals surface area (Å²) < 4.78 is 0. The van der Waals surface area contributed by atoms with Crippen LogP contribution in [0.5, 0.6) is 0 Å². The third-order valence-corrected chi connectivity index (χ3v) is 4.53. The molecule has 6 heteroatoms. The molecule has 0 saturated carbocycles. The lowest BCUT2D eigenvalue weighted by atomic mass is 10.2. The van der Waals surface area contributed by atoms with Gasteiger partial charge in [0.05, 0.1) is 5.75 Å². The van der Waals surface area contributed by atoms with Crippen molar-refractivity contribution < 1.29 is 4.79 Å². The summed E-state index contributed by atoms with van der Waals surface area (Å²) in [6, 6.07) is 1.91. The first kappa shape index (κ1) is 14.4. The summed E-state index contributed by atoms with van der Waals surface area (Å²) in [5.74, 6) is 1.19. The van der Waals surface area contributed by atoms with E-state index in [1.54, 1.807) is 11.8 Å². The smallest absolute Gasteiger partial charge is 0.235 e. The molecule has 1 saturated heterocycles. The number of carbonyl (C=O) groups is 1. The standard InChI is InChI=1S/C13H22N4OS/c1-2-3-10-8-12(17-16-10)15-13(18)9-19-11-4-6-14-7-5-11/h8,11,14H,2-7,9H2,1H3,(H2,15,16,17,18). The highest BCUT2D eigenvalue weighted by Crippen LogP contribution is 2.20. The fraction of sp³-hybridized carbons (Fsp3) is 0.692. The molecule has 3 N–H and O–H groups in total. The third kappa shape index (κ3) is 4.87. The van der Waals surface area contributed by atoms with Gasteiger partial charge in [0.25, 0.3) is 0 Å². The van der Waals surface area contributed by atoms with Gasteiger partial charge in [-0.05, 0) is 32.4 Å². The number of amides is 1. The number of anilines is 1. The summed E-state index contributed by atoms with van der Waals surface area (Å²) in [6.07, 6.45) is 4.34. The van der Waals surface area contributed by atoms with Gasteiger partial charge in [-0.1, -0.05) is 13.3 Å². The largest absolute Gasteiger partial charge is 0.317 e. The van der Waals surface area contributed by atoms with Crippen molar-refractivity contribution in [2.45, 2.75) is 37.9 Å². The van der Waals surface area contributed by atoms with E-state index in [0.717, 1.165) is 44.5 Å². The first-order chi connectivity index (χ1) is 9.28. The first-order valence-electron chi connectivity index (χ1n) is 6.94. The lowest BCUT2D eigenvalue weighted by Gasteiger charge is -2.21. The second-order valence-corrected chi connectivity index (χ2v) is 6.13. The maximum Gasteiger partial charge on any atom is 0.235 e. The molecule has 0 aliphatic carbocycles. The predicted octanol–water partition coefficient (Wildman–Crippen LogP) is 1.79. The van der Waals surface area contributed by atoms with Crippen LogP contribution in [0, 0.1) is 0 Å². The molecule has 0 unspecified atom stereocenters. The molecule has 1 aliphatic rings. The molecule has 2 rings (SSSR count). The monoisotopic (exact) mass is 282 g/mol. The van der Waals surface area contributed by atoms with Crippen LogP contribution in [0.2, 0.25) is 0 Å². The number of aryl methyl sites for hydroxylation is 1. The van der Waals surface area contributed by atoms with Crippen molar-refractivity contribution in [2.24, 2.45) is 0 Å². The van der Waals surface area contributed by atoms with Crippen LogP contribution in [-0.2, 0) is 11.2 Å². The van der Waals surface area contributed by atoms with Crippen molar-refractivity contribution in [3.05, 3.63) is 11.8 Å². The van der Waals surface area contributed by atoms with Crippen LogP contribution in [0.25, 0.3) is 0 Å². The van der Waals surface area contributed by atoms with Gasteiger partial charge in [0.1, 0.15) is 0 Å². The van der Waals surface area contributed by atoms with Gasteiger partial charge in [-0.2, -0.15) is 5.10 Å². The van der Waals surface area contributed by atoms with E-state index in [2.05, 4.69) is 27.8 Å². The minimum atomic E-state index is 0.0399. The van der Waals surface area contributed by atoms with Crippen LogP contribution in [0.4, 0.5) is 5.82 Å². The summed E-state index contributed by atoms with van der Waals surface area (Å²) in [7, 11) is 0. The quantitative estimate of drug-likeness (QED) is 0.744. The SMILES string of the molecule is CCCc1cc(NC(=O)CSC2CCNCC2)n[nH]1. The molecular weight excluding hydrogens is 260 g/mol. The summed E-state index contributed by atoms with van der Waals surface area (Å²) in [5.41, 5.74) is 1.07. The highest BCUT2D eigenvalue weighted by atomic mass is 32.2. The van der Waals surface area contributed by atoms with E-state index in [1.807, 2.05) is 6.07 Å². The zero-order chi connectivity index (χ0) is 13.5. The van der Waals surface area contributed by atoms with Gasteiger partial charge in [0, 0.05) is 17.0 Å². The normalized spacial score (nSPS) is 16.5. The van der Waals surface area contributed by atoms with Crippen molar-refractivity contribution in [2.75, 3.05) is 24.2 Å². The first-order valence-corrected chi connectivity index (χ1v) is 7.99. The van der Waals surface area contributed by atoms with E-state index < -0.39 is 0 Å². The summed E-state index contributed by atoms with van der Waals surface area (Å²) >= 11 is 1.75. The second-order valence-electron chi connectivity index (χ2n) is 4.84. The van der Waals surface area contributed by atoms with Crippen LogP contribution in [0.3, 0.4) is 0 Å². The minimum Gasteiger partial charge on any atom is -0.317 e. The average molecular weight is 282 g/mol. The number of nitrogens with one attached hydrogen (secondary N) is 3. The number of piperidine rings is 1. The Morgan fingerprint density at radius 1 is 1.53 bits per heavy atom. The number of rotatable bonds is 6. The molecule has 0 bridgehead atoms. The molecule has 5 nitrogen and oxygen atoms in total. The highest BCUT2D eigenvalue weighted by Gasteiger charge is 2.15. The fourth-order valence-corrected chi connectivity index (χ4v) is 3.19. The van der Waals surface area contributed by atoms with Gasteiger partial charge >= 0.3 is 0 Å². The number of thioether (sulfide) groups is 1. The molecule has 0 aromatic carbocycles. The molecular formula is C13H22N4OS. The number of hydrogen-bond donors (Lipinski definition) is 3. The number of H-pyrrole nitrogens is 1. The summed E-state index contributed by atoms with van der Waals surface area (Å²) in [4.78, 5) is 11.8. The molecule has 1 amide bonds. The van der Waals surface area contributed by atoms with E-state index in [9.17, 15) is 4.79 Å². The van der Waals surface area contributed by atoms with Crippen molar-refractivity contribution >= 4 is 23.5 Å². The Labute approximate surface area is 118 Å². The Hall–Kier alpha value is -1.01. The summed E-state index contributed by atoms with van der Waals surface area (Å²) in [5, 5.41) is 13.8. The zero-order valence-electron chi connectivity index (χ0n) is 11.4. The van der Waals surface area contributed by atoms with Crippen LogP contribution in [-0.4, -0.2) is 40.2 Å². The molecule has 1 aromatic heterocycles. The average Bonchev–Trinajstić information content (AvgIpc) is 2.85. The maximum absolute atomic E-state index is 11.8. The number of nitrogens with zero attached hydrogens (tertiary/aromatic N) is 1. The molecule has 0 atom stereocenters. The van der Waals surface area contributed by atoms with E-state index in [-0.39, 0.29) is 5.91 Å². The van der Waals surface area contributed by atoms with Gasteiger partial charge in [0.2, 0.25) is 5.91 Å². The van der Waals surface area contributed by atoms with Crippen molar-refractivity contribution in [3.8, 4) is 0 Å². The Balaban J connectivity index is 1.70. The van der Waals surface area contributed by atoms with Crippen LogP contribution in [0.1, 0.15) is 31.9 Å². The van der Waals surface area contributed by atoms with Crippen LogP contribution >= 0.6 is 11.8 Å². The lowest BCUT2D eigenvalue weighted by molar-refractivity contribution is -0.113. The van der Waals surface area contributed by atoms with E-state index in [0.29, 0.717) is 16.8 Å². The van der Waals surface area contributed by atoms with E-state index >= 15 is 0 Å². The van der Waals surface area contributed by atoms with Crippen molar-refractivity contribution in [1.29, 1.82) is 0 Å². The minimum absolute atomic E-state index is 0.0399. The van der Waals surface area contributed by atoms with E-state index in [4.69, 9.17) is 0 Å². The molecule has 0 spiro atoms. The number of aromatic amines is 1. The van der Waals surface area contributed by atoms with Crippen molar-refractivity contribution in [1.82, 2.24) is 15.5 Å². The number of aromatic nitrogens is 2. The zero-order valence-corrected chi connectivity index (χ0v) is 12.2. The Bertz CT molecular complexity index is 401. The molecule has 0 radical (unpaired) electrons. The second kappa shape index (κ2) is 7.55. The third-order valence-electron chi connectivity index (χ3n) is 3.15. The number of hydrogen-bond acceptors (Lipinski definition) is 4. The Morgan fingerprint density at radius 3 is 3.05 bits per heavy atom. The van der Waals surface area contributed by atoms with Crippen LogP contribution < -0.4 is 10.6 Å². The highest BCUT2D eigenvalue weighted by molar-refractivity contribution is 8.00. The van der Waals surface area contributed by atoms with Crippen LogP contribution in [0.15, 0.2) is 6.07 Å². The van der Waals surface area contributed by atoms with Gasteiger partial charge in [-0.15, -0.1) is 11.8 Å². The van der Waals surface area contributed by atoms with Gasteiger partial charge in [-0.25, -0.2) is 0 Å². The van der Waals surface area contributed by atoms with Gasteiger partial charge in [-0.3, -0.25) is 9.89 Å². The van der Waals surface area contributed by atoms with Gasteiger partial charge in [0.15, 0.2) is 5.82 Å². The molecule has 1 aliphatic heterocycles. The fourth-order valence-electron chi connectivity index (χ4n) is 2.16. The maximum atomic E-state index is 11.8. The Morgan fingerprint density at radius 2 is 2.32 bits per heavy atom. The van der Waals surface area contributed by atoms with E-state index in [1.165, 1.54) is 0 Å². The topological polar surface area (TPSA) is 69.8 Å². The summed E-state index contributed by atoms with van der Waals surface area (Å²) in [6.45, 7) is 4.26. The molecule has 106 valence electrons. The predicted molar refractivity (Wildman–Crippen MR) is 79.6 cm³/mol. The van der Waals surface area contributed by atoms with Gasteiger partial charge < -0.3 is 10.6 Å².